The Morgan fingerprint density at radius 2 is 1.07 bits per heavy atom. The summed E-state index contributed by atoms with van der Waals surface area (Å²) in [5, 5.41) is 0. The van der Waals surface area contributed by atoms with Gasteiger partial charge in [-0.2, -0.15) is 0 Å². The second kappa shape index (κ2) is 7.28. The maximum Gasteiger partial charge on any atom is 0.0354 e. The zero-order valence-corrected chi connectivity index (χ0v) is 17.0. The number of rotatable bonds is 4. The van der Waals surface area contributed by atoms with Gasteiger partial charge in [0.05, 0.1) is 0 Å². The third kappa shape index (κ3) is 2.94. The van der Waals surface area contributed by atoms with Crippen molar-refractivity contribution < 1.29 is 0 Å². The molecule has 0 bridgehead atoms. The fourth-order valence-corrected chi connectivity index (χ4v) is 5.02. The van der Waals surface area contributed by atoms with Crippen LogP contribution in [0.15, 0.2) is 109 Å². The molecule has 1 unspecified atom stereocenters. The van der Waals surface area contributed by atoms with E-state index in [1.165, 1.54) is 22.3 Å². The minimum Gasteiger partial charge on any atom is -0.0757 e. The topological polar surface area (TPSA) is 0 Å². The van der Waals surface area contributed by atoms with Crippen LogP contribution in [0.3, 0.4) is 0 Å². The van der Waals surface area contributed by atoms with Crippen LogP contribution < -0.4 is 0 Å². The third-order valence-corrected chi connectivity index (χ3v) is 6.13. The summed E-state index contributed by atoms with van der Waals surface area (Å²) in [6.45, 7) is 7.13. The Bertz CT molecular complexity index is 931. The predicted molar refractivity (Wildman–Crippen MR) is 120 cm³/mol. The van der Waals surface area contributed by atoms with Crippen molar-refractivity contribution in [3.8, 4) is 0 Å². The van der Waals surface area contributed by atoms with Gasteiger partial charge in [-0.05, 0) is 27.7 Å². The summed E-state index contributed by atoms with van der Waals surface area (Å²) in [6, 6.07) is 32.9. The molecule has 0 saturated carbocycles. The lowest BCUT2D eigenvalue weighted by Gasteiger charge is -2.50. The van der Waals surface area contributed by atoms with Gasteiger partial charge in [-0.15, -0.1) is 0 Å². The normalized spacial score (nSPS) is 16.8. The van der Waals surface area contributed by atoms with E-state index in [0.717, 1.165) is 0 Å². The molecule has 0 nitrogen and oxygen atoms in total. The van der Waals surface area contributed by atoms with E-state index in [1.54, 1.807) is 0 Å². The van der Waals surface area contributed by atoms with E-state index in [2.05, 4.69) is 130 Å². The maximum atomic E-state index is 2.40. The second-order valence-corrected chi connectivity index (χ2v) is 8.64. The molecule has 0 fully saturated rings. The lowest BCUT2D eigenvalue weighted by Crippen LogP contribution is -2.47. The summed E-state index contributed by atoms with van der Waals surface area (Å²) in [5.74, 6) is 0.264. The van der Waals surface area contributed by atoms with Gasteiger partial charge in [0.2, 0.25) is 0 Å². The van der Waals surface area contributed by atoms with Gasteiger partial charge in [0.25, 0.3) is 0 Å². The van der Waals surface area contributed by atoms with Gasteiger partial charge in [-0.3, -0.25) is 0 Å². The van der Waals surface area contributed by atoms with E-state index in [1.807, 2.05) is 0 Å². The molecule has 1 aliphatic carbocycles. The Labute approximate surface area is 169 Å². The molecule has 0 spiro atoms. The van der Waals surface area contributed by atoms with Crippen LogP contribution in [-0.2, 0) is 5.41 Å². The Morgan fingerprint density at radius 1 is 0.607 bits per heavy atom. The molecule has 0 heterocycles. The highest BCUT2D eigenvalue weighted by molar-refractivity contribution is 5.76. The van der Waals surface area contributed by atoms with Crippen LogP contribution in [0.2, 0.25) is 0 Å². The lowest BCUT2D eigenvalue weighted by atomic mass is 9.52. The van der Waals surface area contributed by atoms with Crippen molar-refractivity contribution in [2.45, 2.75) is 26.2 Å². The smallest absolute Gasteiger partial charge is 0.0354 e. The summed E-state index contributed by atoms with van der Waals surface area (Å²) >= 11 is 0. The molecular weight excluding hydrogens is 336 g/mol. The van der Waals surface area contributed by atoms with Crippen molar-refractivity contribution in [2.75, 3.05) is 0 Å². The molecule has 3 aromatic rings. The molecule has 0 heteroatoms. The minimum absolute atomic E-state index is 0.00290. The third-order valence-electron chi connectivity index (χ3n) is 6.13. The number of allylic oxidation sites excluding steroid dienone is 4. The monoisotopic (exact) mass is 364 g/mol. The van der Waals surface area contributed by atoms with Crippen molar-refractivity contribution >= 4 is 5.57 Å². The fraction of sp³-hybridized carbons (Fsp3) is 0.214. The molecule has 28 heavy (non-hydrogen) atoms. The van der Waals surface area contributed by atoms with Crippen molar-refractivity contribution in [3.05, 3.63) is 126 Å². The molecule has 1 aliphatic rings. The van der Waals surface area contributed by atoms with Crippen LogP contribution >= 0.6 is 0 Å². The molecule has 0 amide bonds. The van der Waals surface area contributed by atoms with E-state index in [4.69, 9.17) is 0 Å². The molecule has 0 saturated heterocycles. The van der Waals surface area contributed by atoms with Crippen molar-refractivity contribution in [3.63, 3.8) is 0 Å². The van der Waals surface area contributed by atoms with E-state index in [0.29, 0.717) is 0 Å². The first-order valence-electron chi connectivity index (χ1n) is 10.1. The van der Waals surface area contributed by atoms with Crippen LogP contribution in [0.4, 0.5) is 0 Å². The van der Waals surface area contributed by atoms with Gasteiger partial charge in [0.15, 0.2) is 0 Å². The first-order valence-corrected chi connectivity index (χ1v) is 10.1. The van der Waals surface area contributed by atoms with Crippen molar-refractivity contribution in [1.29, 1.82) is 0 Å². The average Bonchev–Trinajstić information content (AvgIpc) is 3.20. The van der Waals surface area contributed by atoms with E-state index in [-0.39, 0.29) is 16.7 Å². The molecule has 3 aromatic carbocycles. The summed E-state index contributed by atoms with van der Waals surface area (Å²) in [4.78, 5) is 0. The van der Waals surface area contributed by atoms with Crippen molar-refractivity contribution in [2.24, 2.45) is 11.3 Å². The van der Waals surface area contributed by atoms with Crippen LogP contribution in [0.1, 0.15) is 37.5 Å². The largest absolute Gasteiger partial charge is 0.0757 e. The van der Waals surface area contributed by atoms with E-state index >= 15 is 0 Å². The van der Waals surface area contributed by atoms with Gasteiger partial charge < -0.3 is 0 Å². The summed E-state index contributed by atoms with van der Waals surface area (Å²) in [7, 11) is 0. The highest BCUT2D eigenvalue weighted by Crippen LogP contribution is 2.57. The van der Waals surface area contributed by atoms with Crippen LogP contribution in [-0.4, -0.2) is 0 Å². The molecule has 0 N–H and O–H groups in total. The average molecular weight is 365 g/mol. The van der Waals surface area contributed by atoms with E-state index in [9.17, 15) is 0 Å². The van der Waals surface area contributed by atoms with Crippen molar-refractivity contribution in [1.82, 2.24) is 0 Å². The van der Waals surface area contributed by atoms with Gasteiger partial charge in [0.1, 0.15) is 0 Å². The fourth-order valence-electron chi connectivity index (χ4n) is 5.02. The minimum atomic E-state index is -0.176. The van der Waals surface area contributed by atoms with Crippen LogP contribution in [0.5, 0.6) is 0 Å². The molecule has 1 atom stereocenters. The van der Waals surface area contributed by atoms with Crippen LogP contribution in [0.25, 0.3) is 5.57 Å². The van der Waals surface area contributed by atoms with Gasteiger partial charge in [0, 0.05) is 11.3 Å². The molecule has 4 rings (SSSR count). The highest BCUT2D eigenvalue weighted by atomic mass is 14.5. The molecule has 140 valence electrons. The molecule has 0 aliphatic heterocycles. The quantitative estimate of drug-likeness (QED) is 0.456. The lowest BCUT2D eigenvalue weighted by molar-refractivity contribution is 0.199. The zero-order chi connectivity index (χ0) is 19.6. The summed E-state index contributed by atoms with van der Waals surface area (Å²) in [6.07, 6.45) is 6.93. The van der Waals surface area contributed by atoms with Crippen LogP contribution in [0, 0.1) is 11.3 Å². The van der Waals surface area contributed by atoms with Gasteiger partial charge in [-0.25, -0.2) is 0 Å². The van der Waals surface area contributed by atoms with E-state index < -0.39 is 0 Å². The second-order valence-electron chi connectivity index (χ2n) is 8.64. The van der Waals surface area contributed by atoms with Gasteiger partial charge in [-0.1, -0.05) is 130 Å². The van der Waals surface area contributed by atoms with Gasteiger partial charge >= 0.3 is 0 Å². The summed E-state index contributed by atoms with van der Waals surface area (Å²) < 4.78 is 0. The predicted octanol–water partition coefficient (Wildman–Crippen LogP) is 7.29. The number of hydrogen-bond acceptors (Lipinski definition) is 0. The molecule has 0 radical (unpaired) electrons. The number of benzene rings is 3. The Morgan fingerprint density at radius 3 is 1.54 bits per heavy atom. The Balaban J connectivity index is 2.01. The number of hydrogen-bond donors (Lipinski definition) is 0. The molecular formula is C28H28. The SMILES string of the molecule is CC(C)(C)C(c1ccccc1)(c1ccccc1)C1C=CC=C1c1ccccc1. The molecule has 0 aromatic heterocycles. The Hall–Kier alpha value is -2.86. The first-order chi connectivity index (χ1) is 13.5. The maximum absolute atomic E-state index is 2.40. The summed E-state index contributed by atoms with van der Waals surface area (Å²) in [5.41, 5.74) is 5.26. The first kappa shape index (κ1) is 18.5. The standard InChI is InChI=1S/C28H28/c1-27(2,3)28(23-16-9-5-10-17-23,24-18-11-6-12-19-24)26-21-13-20-25(26)22-14-7-4-8-15-22/h4-21,26H,1-3H3. The zero-order valence-electron chi connectivity index (χ0n) is 17.0. The highest BCUT2D eigenvalue weighted by Gasteiger charge is 2.51. The Kier molecular flexibility index (Phi) is 4.81.